The lowest BCUT2D eigenvalue weighted by Crippen LogP contribution is -2.42. The molecule has 2 fully saturated rings. The van der Waals surface area contributed by atoms with Gasteiger partial charge in [0.15, 0.2) is 11.2 Å². The van der Waals surface area contributed by atoms with E-state index < -0.39 is 5.60 Å². The second-order valence-electron chi connectivity index (χ2n) is 9.63. The Labute approximate surface area is 192 Å². The Kier molecular flexibility index (Phi) is 5.18. The van der Waals surface area contributed by atoms with Crippen LogP contribution < -0.4 is 4.74 Å². The first-order valence-electron chi connectivity index (χ1n) is 11.4. The van der Waals surface area contributed by atoms with E-state index in [2.05, 4.69) is 19.9 Å². The minimum Gasteiger partial charge on any atom is -0.470 e. The van der Waals surface area contributed by atoms with Crippen LogP contribution in [-0.2, 0) is 11.3 Å². The molecule has 2 bridgehead atoms. The van der Waals surface area contributed by atoms with Crippen molar-refractivity contribution in [1.82, 2.24) is 34.4 Å². The number of nitrogens with zero attached hydrogens (tertiary/aromatic N) is 7. The van der Waals surface area contributed by atoms with Gasteiger partial charge >= 0.3 is 6.09 Å². The molecule has 1 amide bonds. The quantitative estimate of drug-likeness (QED) is 0.593. The van der Waals surface area contributed by atoms with Gasteiger partial charge in [-0.1, -0.05) is 0 Å². The summed E-state index contributed by atoms with van der Waals surface area (Å²) < 4.78 is 14.0. The summed E-state index contributed by atoms with van der Waals surface area (Å²) in [4.78, 5) is 36.9. The van der Waals surface area contributed by atoms with Crippen molar-refractivity contribution in [1.29, 1.82) is 0 Å². The first kappa shape index (κ1) is 21.5. The predicted molar refractivity (Wildman–Crippen MR) is 121 cm³/mol. The fourth-order valence-electron chi connectivity index (χ4n) is 4.83. The number of aryl methyl sites for hydroxylation is 2. The van der Waals surface area contributed by atoms with E-state index in [0.29, 0.717) is 29.4 Å². The Hall–Kier alpha value is -3.30. The van der Waals surface area contributed by atoms with Crippen molar-refractivity contribution >= 4 is 17.3 Å². The van der Waals surface area contributed by atoms with Crippen LogP contribution >= 0.6 is 0 Å². The van der Waals surface area contributed by atoms with Gasteiger partial charge in [0, 0.05) is 31.4 Å². The highest BCUT2D eigenvalue weighted by Crippen LogP contribution is 2.41. The molecule has 0 spiro atoms. The fourth-order valence-corrected chi connectivity index (χ4v) is 4.83. The molecule has 2 aliphatic heterocycles. The number of amides is 1. The van der Waals surface area contributed by atoms with Crippen LogP contribution in [-0.4, -0.2) is 64.3 Å². The van der Waals surface area contributed by atoms with Gasteiger partial charge in [0.1, 0.15) is 29.7 Å². The Bertz CT molecular complexity index is 1190. The number of imidazole rings is 1. The van der Waals surface area contributed by atoms with Crippen LogP contribution in [0.1, 0.15) is 52.8 Å². The molecule has 0 saturated carbocycles. The van der Waals surface area contributed by atoms with E-state index in [1.54, 1.807) is 12.4 Å². The average Bonchev–Trinajstić information content (AvgIpc) is 3.44. The molecule has 3 atom stereocenters. The zero-order chi connectivity index (χ0) is 23.3. The lowest BCUT2D eigenvalue weighted by atomic mass is 9.98. The zero-order valence-corrected chi connectivity index (χ0v) is 19.6. The maximum absolute atomic E-state index is 12.8. The number of carbonyl (C=O) groups excluding carboxylic acids is 1. The van der Waals surface area contributed by atoms with Gasteiger partial charge in [-0.05, 0) is 47.5 Å². The van der Waals surface area contributed by atoms with Gasteiger partial charge < -0.3 is 14.0 Å². The van der Waals surface area contributed by atoms with E-state index in [0.717, 1.165) is 30.7 Å². The molecule has 33 heavy (non-hydrogen) atoms. The minimum absolute atomic E-state index is 0.0342. The number of hydrogen-bond donors (Lipinski definition) is 0. The second kappa shape index (κ2) is 7.93. The number of rotatable bonds is 4. The number of aromatic nitrogens is 6. The SMILES string of the molecule is CCn1c(-c2cnc(C)nc2)nc2c(OC3CC4CCC3N4C(=O)OC(C)(C)C)ncnc21. The summed E-state index contributed by atoms with van der Waals surface area (Å²) >= 11 is 0. The monoisotopic (exact) mass is 451 g/mol. The maximum Gasteiger partial charge on any atom is 0.410 e. The summed E-state index contributed by atoms with van der Waals surface area (Å²) in [5.74, 6) is 1.86. The van der Waals surface area contributed by atoms with E-state index in [4.69, 9.17) is 14.5 Å². The van der Waals surface area contributed by atoms with Gasteiger partial charge in [-0.25, -0.2) is 24.7 Å². The summed E-state index contributed by atoms with van der Waals surface area (Å²) in [5, 5.41) is 0. The van der Waals surface area contributed by atoms with Gasteiger partial charge in [0.05, 0.1) is 11.6 Å². The number of ether oxygens (including phenoxy) is 2. The van der Waals surface area contributed by atoms with Crippen molar-refractivity contribution < 1.29 is 14.3 Å². The van der Waals surface area contributed by atoms with Crippen LogP contribution in [0, 0.1) is 6.92 Å². The molecule has 3 aromatic rings. The number of hydrogen-bond acceptors (Lipinski definition) is 8. The molecule has 0 radical (unpaired) electrons. The molecule has 10 heteroatoms. The van der Waals surface area contributed by atoms with Gasteiger partial charge in [0.25, 0.3) is 0 Å². The molecular formula is C23H29N7O3. The molecule has 2 aliphatic rings. The number of fused-ring (bicyclic) bond motifs is 3. The third-order valence-electron chi connectivity index (χ3n) is 6.20. The van der Waals surface area contributed by atoms with E-state index in [1.165, 1.54) is 6.33 Å². The number of carbonyl (C=O) groups is 1. The topological polar surface area (TPSA) is 108 Å². The third-order valence-corrected chi connectivity index (χ3v) is 6.20. The lowest BCUT2D eigenvalue weighted by molar-refractivity contribution is 0.0181. The normalized spacial score (nSPS) is 22.2. The van der Waals surface area contributed by atoms with Crippen molar-refractivity contribution in [2.45, 2.75) is 84.2 Å². The largest absolute Gasteiger partial charge is 0.470 e. The molecule has 0 aliphatic carbocycles. The van der Waals surface area contributed by atoms with Crippen LogP contribution in [0.4, 0.5) is 4.79 Å². The molecule has 3 unspecified atom stereocenters. The van der Waals surface area contributed by atoms with E-state index in [1.807, 2.05) is 44.1 Å². The van der Waals surface area contributed by atoms with E-state index in [-0.39, 0.29) is 24.3 Å². The zero-order valence-electron chi connectivity index (χ0n) is 19.6. The standard InChI is InChI=1S/C23H29N7O3/c1-6-29-19(14-10-24-13(2)25-11-14)28-18-20(29)26-12-27-21(18)32-17-9-15-7-8-16(17)30(15)22(31)33-23(3,4)5/h10-12,15-17H,6-9H2,1-5H3. The van der Waals surface area contributed by atoms with Gasteiger partial charge in [0.2, 0.25) is 5.88 Å². The van der Waals surface area contributed by atoms with Crippen LogP contribution in [0.25, 0.3) is 22.6 Å². The second-order valence-corrected chi connectivity index (χ2v) is 9.63. The Balaban J connectivity index is 1.44. The summed E-state index contributed by atoms with van der Waals surface area (Å²) in [6, 6.07) is 0.0914. The highest BCUT2D eigenvalue weighted by atomic mass is 16.6. The maximum atomic E-state index is 12.8. The highest BCUT2D eigenvalue weighted by Gasteiger charge is 2.51. The van der Waals surface area contributed by atoms with E-state index >= 15 is 0 Å². The molecule has 10 nitrogen and oxygen atoms in total. The van der Waals surface area contributed by atoms with Crippen molar-refractivity contribution in [2.24, 2.45) is 0 Å². The Morgan fingerprint density at radius 2 is 1.91 bits per heavy atom. The molecule has 2 saturated heterocycles. The molecule has 174 valence electrons. The minimum atomic E-state index is -0.530. The molecule has 5 heterocycles. The van der Waals surface area contributed by atoms with Crippen molar-refractivity contribution in [3.8, 4) is 17.3 Å². The van der Waals surface area contributed by atoms with Crippen molar-refractivity contribution in [3.05, 3.63) is 24.5 Å². The molecular weight excluding hydrogens is 422 g/mol. The molecule has 0 N–H and O–H groups in total. The lowest BCUT2D eigenvalue weighted by Gasteiger charge is -2.28. The molecule has 5 rings (SSSR count). The first-order valence-corrected chi connectivity index (χ1v) is 11.4. The highest BCUT2D eigenvalue weighted by molar-refractivity contribution is 5.81. The van der Waals surface area contributed by atoms with Crippen molar-refractivity contribution in [3.63, 3.8) is 0 Å². The Morgan fingerprint density at radius 3 is 2.61 bits per heavy atom. The van der Waals surface area contributed by atoms with Gasteiger partial charge in [-0.2, -0.15) is 4.98 Å². The average molecular weight is 452 g/mol. The fraction of sp³-hybridized carbons (Fsp3) is 0.565. The summed E-state index contributed by atoms with van der Waals surface area (Å²) in [7, 11) is 0. The molecule has 3 aromatic heterocycles. The van der Waals surface area contributed by atoms with Crippen LogP contribution in [0.3, 0.4) is 0 Å². The van der Waals surface area contributed by atoms with Gasteiger partial charge in [-0.3, -0.25) is 4.90 Å². The smallest absolute Gasteiger partial charge is 0.410 e. The third kappa shape index (κ3) is 3.87. The van der Waals surface area contributed by atoms with Crippen molar-refractivity contribution in [2.75, 3.05) is 0 Å². The summed E-state index contributed by atoms with van der Waals surface area (Å²) in [6.45, 7) is 10.2. The first-order chi connectivity index (χ1) is 15.7. The van der Waals surface area contributed by atoms with Crippen LogP contribution in [0.15, 0.2) is 18.7 Å². The Morgan fingerprint density at radius 1 is 1.15 bits per heavy atom. The summed E-state index contributed by atoms with van der Waals surface area (Å²) in [5.41, 5.74) is 1.58. The van der Waals surface area contributed by atoms with E-state index in [9.17, 15) is 4.79 Å². The predicted octanol–water partition coefficient (Wildman–Crippen LogP) is 3.53. The van der Waals surface area contributed by atoms with Gasteiger partial charge in [-0.15, -0.1) is 0 Å². The van der Waals surface area contributed by atoms with Crippen LogP contribution in [0.5, 0.6) is 5.88 Å². The summed E-state index contributed by atoms with van der Waals surface area (Å²) in [6.07, 6.45) is 7.19. The molecule has 0 aromatic carbocycles. The van der Waals surface area contributed by atoms with Crippen LogP contribution in [0.2, 0.25) is 0 Å².